The Balaban J connectivity index is 1.24. The first kappa shape index (κ1) is 19.8. The van der Waals surface area contributed by atoms with Crippen molar-refractivity contribution in [3.63, 3.8) is 0 Å². The minimum Gasteiger partial charge on any atom is -0.390 e. The molecule has 3 N–H and O–H groups in total. The molecule has 0 radical (unpaired) electrons. The lowest BCUT2D eigenvalue weighted by Crippen LogP contribution is -2.48. The summed E-state index contributed by atoms with van der Waals surface area (Å²) in [6.07, 6.45) is 4.34. The van der Waals surface area contributed by atoms with E-state index in [-0.39, 0.29) is 24.0 Å². The fraction of sp³-hybridized carbons (Fsp3) is 0.800. The van der Waals surface area contributed by atoms with Crippen molar-refractivity contribution in [3.05, 3.63) is 17.5 Å². The highest BCUT2D eigenvalue weighted by Crippen LogP contribution is 2.27. The Labute approximate surface area is 166 Å². The average molecular weight is 393 g/mol. The molecule has 1 saturated carbocycles. The number of hydrogen-bond donors (Lipinski definition) is 3. The van der Waals surface area contributed by atoms with Crippen LogP contribution in [0.15, 0.2) is 10.6 Å². The summed E-state index contributed by atoms with van der Waals surface area (Å²) >= 11 is 0. The third-order valence-corrected chi connectivity index (χ3v) is 6.17. The van der Waals surface area contributed by atoms with E-state index in [9.17, 15) is 9.90 Å². The maximum atomic E-state index is 12.0. The van der Waals surface area contributed by atoms with Crippen LogP contribution in [0.5, 0.6) is 0 Å². The van der Waals surface area contributed by atoms with E-state index in [1.54, 1.807) is 0 Å². The first-order valence-corrected chi connectivity index (χ1v) is 10.7. The number of hydrogen-bond acceptors (Lipinski definition) is 7. The largest absolute Gasteiger partial charge is 0.390 e. The smallest absolute Gasteiger partial charge is 0.223 e. The maximum Gasteiger partial charge on any atom is 0.223 e. The predicted octanol–water partition coefficient (Wildman–Crippen LogP) is 0.447. The van der Waals surface area contributed by atoms with Crippen molar-refractivity contribution in [2.75, 3.05) is 32.7 Å². The van der Waals surface area contributed by atoms with Gasteiger partial charge in [-0.3, -0.25) is 9.69 Å². The highest BCUT2D eigenvalue weighted by Gasteiger charge is 2.32. The Hall–Kier alpha value is -1.48. The molecule has 1 aliphatic carbocycles. The van der Waals surface area contributed by atoms with E-state index >= 15 is 0 Å². The summed E-state index contributed by atoms with van der Waals surface area (Å²) in [6, 6.07) is 2.02. The van der Waals surface area contributed by atoms with Crippen LogP contribution < -0.4 is 10.6 Å². The summed E-state index contributed by atoms with van der Waals surface area (Å²) in [4.78, 5) is 14.4. The van der Waals surface area contributed by atoms with E-state index in [0.717, 1.165) is 69.9 Å². The van der Waals surface area contributed by atoms with Gasteiger partial charge in [-0.2, -0.15) is 0 Å². The van der Waals surface area contributed by atoms with Crippen molar-refractivity contribution in [1.29, 1.82) is 0 Å². The zero-order chi connectivity index (χ0) is 19.3. The first-order chi connectivity index (χ1) is 13.7. The topological polar surface area (TPSA) is 99.9 Å². The van der Waals surface area contributed by atoms with Gasteiger partial charge in [0.15, 0.2) is 5.76 Å². The molecule has 2 aliphatic heterocycles. The quantitative estimate of drug-likeness (QED) is 0.619. The Morgan fingerprint density at radius 2 is 2.11 bits per heavy atom. The van der Waals surface area contributed by atoms with Crippen molar-refractivity contribution in [2.45, 2.75) is 63.4 Å². The van der Waals surface area contributed by atoms with Crippen LogP contribution in [0.2, 0.25) is 0 Å². The lowest BCUT2D eigenvalue weighted by molar-refractivity contribution is -0.133. The molecule has 8 nitrogen and oxygen atoms in total. The average Bonchev–Trinajstić information content (AvgIpc) is 3.08. The zero-order valence-corrected chi connectivity index (χ0v) is 16.4. The summed E-state index contributed by atoms with van der Waals surface area (Å²) in [5, 5.41) is 20.7. The van der Waals surface area contributed by atoms with Crippen LogP contribution in [0.25, 0.3) is 0 Å². The van der Waals surface area contributed by atoms with Gasteiger partial charge in [0.1, 0.15) is 6.10 Å². The number of piperazine rings is 1. The van der Waals surface area contributed by atoms with E-state index < -0.39 is 6.10 Å². The van der Waals surface area contributed by atoms with Gasteiger partial charge in [0.2, 0.25) is 5.91 Å². The Bertz CT molecular complexity index is 642. The number of nitrogens with one attached hydrogen (secondary N) is 2. The standard InChI is InChI=1S/C20H32N4O4/c25-18-5-4-16(27-19(18)12-22-20(26)14-2-1-3-14)10-15-11-17(28-23-15)13-24-8-6-21-7-9-24/h11,14,16,18-19,21,25H,1-10,12-13H2,(H,22,26)/t16-,18-,19+/m0/s1. The van der Waals surface area contributed by atoms with Crippen molar-refractivity contribution >= 4 is 5.91 Å². The maximum absolute atomic E-state index is 12.0. The molecule has 28 heavy (non-hydrogen) atoms. The van der Waals surface area contributed by atoms with Crippen molar-refractivity contribution < 1.29 is 19.2 Å². The monoisotopic (exact) mass is 392 g/mol. The Morgan fingerprint density at radius 3 is 2.86 bits per heavy atom. The van der Waals surface area contributed by atoms with E-state index in [4.69, 9.17) is 9.26 Å². The molecule has 1 aromatic rings. The number of aliphatic hydroxyl groups excluding tert-OH is 1. The number of amides is 1. The molecule has 3 fully saturated rings. The fourth-order valence-corrected chi connectivity index (χ4v) is 4.15. The van der Waals surface area contributed by atoms with Crippen LogP contribution in [0.3, 0.4) is 0 Å². The fourth-order valence-electron chi connectivity index (χ4n) is 4.15. The third kappa shape index (κ3) is 5.11. The van der Waals surface area contributed by atoms with E-state index in [0.29, 0.717) is 19.4 Å². The predicted molar refractivity (Wildman–Crippen MR) is 103 cm³/mol. The molecule has 0 aromatic carbocycles. The van der Waals surface area contributed by atoms with Gasteiger partial charge in [0.05, 0.1) is 24.4 Å². The number of aromatic nitrogens is 1. The third-order valence-electron chi connectivity index (χ3n) is 6.17. The van der Waals surface area contributed by atoms with Crippen molar-refractivity contribution in [1.82, 2.24) is 20.7 Å². The van der Waals surface area contributed by atoms with Crippen LogP contribution in [0, 0.1) is 5.92 Å². The molecule has 8 heteroatoms. The highest BCUT2D eigenvalue weighted by molar-refractivity contribution is 5.79. The van der Waals surface area contributed by atoms with Gasteiger partial charge in [0.25, 0.3) is 0 Å². The number of ether oxygens (including phenoxy) is 1. The number of nitrogens with zero attached hydrogens (tertiary/aromatic N) is 2. The first-order valence-electron chi connectivity index (χ1n) is 10.7. The molecular formula is C20H32N4O4. The molecular weight excluding hydrogens is 360 g/mol. The molecule has 0 bridgehead atoms. The molecule has 2 saturated heterocycles. The highest BCUT2D eigenvalue weighted by atomic mass is 16.5. The summed E-state index contributed by atoms with van der Waals surface area (Å²) in [6.45, 7) is 5.23. The van der Waals surface area contributed by atoms with Crippen molar-refractivity contribution in [3.8, 4) is 0 Å². The molecule has 1 amide bonds. The van der Waals surface area contributed by atoms with Crippen LogP contribution >= 0.6 is 0 Å². The summed E-state index contributed by atoms with van der Waals surface area (Å²) in [5.74, 6) is 1.14. The van der Waals surface area contributed by atoms with Crippen LogP contribution in [0.1, 0.15) is 43.6 Å². The van der Waals surface area contributed by atoms with Crippen LogP contribution in [-0.2, 0) is 22.5 Å². The number of carbonyl (C=O) groups excluding carboxylic acids is 1. The van der Waals surface area contributed by atoms with Crippen LogP contribution in [-0.4, -0.2) is 72.1 Å². The molecule has 156 valence electrons. The molecule has 3 heterocycles. The Kier molecular flexibility index (Phi) is 6.61. The van der Waals surface area contributed by atoms with Gasteiger partial charge < -0.3 is 25.0 Å². The molecule has 0 unspecified atom stereocenters. The van der Waals surface area contributed by atoms with E-state index in [1.165, 1.54) is 0 Å². The summed E-state index contributed by atoms with van der Waals surface area (Å²) < 4.78 is 11.6. The van der Waals surface area contributed by atoms with Crippen LogP contribution in [0.4, 0.5) is 0 Å². The van der Waals surface area contributed by atoms with Gasteiger partial charge in [-0.25, -0.2) is 0 Å². The number of aliphatic hydroxyl groups is 1. The number of rotatable bonds is 7. The molecule has 3 aliphatic rings. The second kappa shape index (κ2) is 9.35. The zero-order valence-electron chi connectivity index (χ0n) is 16.4. The molecule has 1 aromatic heterocycles. The minimum atomic E-state index is -0.529. The lowest BCUT2D eigenvalue weighted by atomic mass is 9.85. The second-order valence-electron chi connectivity index (χ2n) is 8.33. The van der Waals surface area contributed by atoms with Crippen molar-refractivity contribution in [2.24, 2.45) is 5.92 Å². The summed E-state index contributed by atoms with van der Waals surface area (Å²) in [7, 11) is 0. The molecule has 0 spiro atoms. The van der Waals surface area contributed by atoms with Gasteiger partial charge in [-0.15, -0.1) is 0 Å². The van der Waals surface area contributed by atoms with Gasteiger partial charge in [0, 0.05) is 51.1 Å². The van der Waals surface area contributed by atoms with Gasteiger partial charge >= 0.3 is 0 Å². The molecule has 3 atom stereocenters. The van der Waals surface area contributed by atoms with Gasteiger partial charge in [-0.1, -0.05) is 11.6 Å². The lowest BCUT2D eigenvalue weighted by Gasteiger charge is -2.34. The molecule has 4 rings (SSSR count). The normalized spacial score (nSPS) is 29.4. The minimum absolute atomic E-state index is 0.00820. The SMILES string of the molecule is O=C(NC[C@H]1O[C@H](Cc2cc(CN3CCNCC3)on2)CC[C@@H]1O)C1CCC1. The van der Waals surface area contributed by atoms with Gasteiger partial charge in [-0.05, 0) is 25.7 Å². The summed E-state index contributed by atoms with van der Waals surface area (Å²) in [5.41, 5.74) is 0.892. The van der Waals surface area contributed by atoms with E-state index in [2.05, 4.69) is 20.7 Å². The number of carbonyl (C=O) groups is 1. The second-order valence-corrected chi connectivity index (χ2v) is 8.33. The Morgan fingerprint density at radius 1 is 1.29 bits per heavy atom. The van der Waals surface area contributed by atoms with E-state index in [1.807, 2.05) is 6.07 Å².